The number of hydrogen-bond donors (Lipinski definition) is 2. The van der Waals surface area contributed by atoms with Gasteiger partial charge >= 0.3 is 0 Å². The molecule has 1 rings (SSSR count). The van der Waals surface area contributed by atoms with E-state index in [9.17, 15) is 0 Å². The van der Waals surface area contributed by atoms with Crippen molar-refractivity contribution in [3.05, 3.63) is 17.0 Å². The fourth-order valence-electron chi connectivity index (χ4n) is 1.61. The fourth-order valence-corrected chi connectivity index (χ4v) is 1.61. The highest BCUT2D eigenvalue weighted by Crippen LogP contribution is 2.16. The van der Waals surface area contributed by atoms with E-state index < -0.39 is 0 Å². The molecule has 14 heavy (non-hydrogen) atoms. The van der Waals surface area contributed by atoms with Gasteiger partial charge in [0.05, 0.1) is 5.69 Å². The Kier molecular flexibility index (Phi) is 2.93. The number of hydrogen-bond acceptors (Lipinski definition) is 2. The van der Waals surface area contributed by atoms with Gasteiger partial charge in [0.2, 0.25) is 5.96 Å². The summed E-state index contributed by atoms with van der Waals surface area (Å²) in [4.78, 5) is 0. The van der Waals surface area contributed by atoms with Gasteiger partial charge in [0.15, 0.2) is 0 Å². The zero-order chi connectivity index (χ0) is 10.9. The monoisotopic (exact) mass is 194 g/mol. The second kappa shape index (κ2) is 3.82. The van der Waals surface area contributed by atoms with Crippen LogP contribution < -0.4 is 5.73 Å². The van der Waals surface area contributed by atoms with E-state index in [-0.39, 0.29) is 5.96 Å². The van der Waals surface area contributed by atoms with Gasteiger partial charge in [-0.05, 0) is 31.7 Å². The van der Waals surface area contributed by atoms with Gasteiger partial charge in [-0.3, -0.25) is 5.41 Å². The average molecular weight is 194 g/mol. The summed E-state index contributed by atoms with van der Waals surface area (Å²) in [5, 5.41) is 11.6. The normalized spacial score (nSPS) is 10.9. The summed E-state index contributed by atoms with van der Waals surface area (Å²) < 4.78 is 1.49. The van der Waals surface area contributed by atoms with Gasteiger partial charge in [0.1, 0.15) is 0 Å². The third kappa shape index (κ3) is 1.95. The molecule has 0 radical (unpaired) electrons. The average Bonchev–Trinajstić information content (AvgIpc) is 2.31. The third-order valence-corrected chi connectivity index (χ3v) is 2.28. The molecular weight excluding hydrogens is 176 g/mol. The van der Waals surface area contributed by atoms with Crippen LogP contribution in [0, 0.1) is 25.2 Å². The zero-order valence-electron chi connectivity index (χ0n) is 9.26. The summed E-state index contributed by atoms with van der Waals surface area (Å²) in [5.41, 5.74) is 8.60. The number of rotatable bonds is 2. The van der Waals surface area contributed by atoms with Crippen LogP contribution in [0.25, 0.3) is 0 Å². The Hall–Kier alpha value is -1.32. The lowest BCUT2D eigenvalue weighted by Gasteiger charge is -2.05. The Labute approximate surface area is 84.6 Å². The van der Waals surface area contributed by atoms with Gasteiger partial charge in [0, 0.05) is 5.69 Å². The van der Waals surface area contributed by atoms with Crippen molar-refractivity contribution in [3.8, 4) is 0 Å². The summed E-state index contributed by atoms with van der Waals surface area (Å²) in [6, 6.07) is 0. The molecule has 1 aromatic rings. The molecule has 0 fully saturated rings. The van der Waals surface area contributed by atoms with Crippen LogP contribution in [0.1, 0.15) is 30.8 Å². The maximum atomic E-state index is 7.35. The van der Waals surface area contributed by atoms with E-state index in [0.717, 1.165) is 17.8 Å². The van der Waals surface area contributed by atoms with Crippen LogP contribution in [0.5, 0.6) is 0 Å². The highest BCUT2D eigenvalue weighted by atomic mass is 15.3. The molecule has 0 aliphatic rings. The number of nitrogen functional groups attached to an aromatic ring is 1. The van der Waals surface area contributed by atoms with Gasteiger partial charge in [-0.15, -0.1) is 0 Å². The molecule has 0 saturated heterocycles. The molecule has 3 N–H and O–H groups in total. The van der Waals surface area contributed by atoms with E-state index in [2.05, 4.69) is 18.9 Å². The summed E-state index contributed by atoms with van der Waals surface area (Å²) >= 11 is 0. The number of nitrogens with zero attached hydrogens (tertiary/aromatic N) is 2. The van der Waals surface area contributed by atoms with Crippen LogP contribution in [0.4, 0.5) is 0 Å². The molecule has 0 aliphatic heterocycles. The molecule has 0 spiro atoms. The van der Waals surface area contributed by atoms with Crippen molar-refractivity contribution >= 4 is 5.96 Å². The van der Waals surface area contributed by atoms with Gasteiger partial charge in [-0.1, -0.05) is 13.8 Å². The van der Waals surface area contributed by atoms with E-state index in [1.807, 2.05) is 13.8 Å². The topological polar surface area (TPSA) is 67.7 Å². The second-order valence-electron chi connectivity index (χ2n) is 4.04. The number of nitrogens with one attached hydrogen (secondary N) is 1. The Morgan fingerprint density at radius 3 is 2.43 bits per heavy atom. The lowest BCUT2D eigenvalue weighted by atomic mass is 10.0. The van der Waals surface area contributed by atoms with E-state index in [4.69, 9.17) is 11.1 Å². The van der Waals surface area contributed by atoms with Crippen LogP contribution in [-0.2, 0) is 6.42 Å². The molecule has 4 nitrogen and oxygen atoms in total. The minimum absolute atomic E-state index is 0.0133. The van der Waals surface area contributed by atoms with Crippen molar-refractivity contribution in [2.45, 2.75) is 34.1 Å². The molecule has 0 aliphatic carbocycles. The SMILES string of the molecule is Cc1nn(C(=N)N)c(C)c1CC(C)C. The molecule has 1 aromatic heterocycles. The van der Waals surface area contributed by atoms with Crippen LogP contribution in [0.3, 0.4) is 0 Å². The first kappa shape index (κ1) is 10.8. The summed E-state index contributed by atoms with van der Waals surface area (Å²) in [6.45, 7) is 8.26. The molecule has 0 atom stereocenters. The zero-order valence-corrected chi connectivity index (χ0v) is 9.26. The van der Waals surface area contributed by atoms with Crippen LogP contribution in [0.2, 0.25) is 0 Å². The Morgan fingerprint density at radius 2 is 2.07 bits per heavy atom. The van der Waals surface area contributed by atoms with Crippen LogP contribution in [0.15, 0.2) is 0 Å². The first-order chi connectivity index (χ1) is 6.43. The minimum atomic E-state index is -0.0133. The third-order valence-electron chi connectivity index (χ3n) is 2.28. The first-order valence-electron chi connectivity index (χ1n) is 4.83. The predicted molar refractivity (Wildman–Crippen MR) is 57.6 cm³/mol. The second-order valence-corrected chi connectivity index (χ2v) is 4.04. The quantitative estimate of drug-likeness (QED) is 0.552. The van der Waals surface area contributed by atoms with Crippen molar-refractivity contribution in [2.24, 2.45) is 11.7 Å². The van der Waals surface area contributed by atoms with Crippen molar-refractivity contribution in [3.63, 3.8) is 0 Å². The molecule has 4 heteroatoms. The number of aromatic nitrogens is 2. The van der Waals surface area contributed by atoms with Gasteiger partial charge in [-0.25, -0.2) is 4.68 Å². The molecule has 0 bridgehead atoms. The van der Waals surface area contributed by atoms with E-state index in [0.29, 0.717) is 5.92 Å². The van der Waals surface area contributed by atoms with Crippen LogP contribution in [-0.4, -0.2) is 15.7 Å². The molecule has 78 valence electrons. The van der Waals surface area contributed by atoms with E-state index >= 15 is 0 Å². The Bertz CT molecular complexity index is 349. The lowest BCUT2D eigenvalue weighted by molar-refractivity contribution is 0.642. The summed E-state index contributed by atoms with van der Waals surface area (Å²) in [5.74, 6) is 0.581. The highest BCUT2D eigenvalue weighted by molar-refractivity contribution is 5.77. The fraction of sp³-hybridized carbons (Fsp3) is 0.600. The lowest BCUT2D eigenvalue weighted by Crippen LogP contribution is -2.23. The molecule has 0 unspecified atom stereocenters. The van der Waals surface area contributed by atoms with Crippen molar-refractivity contribution in [1.82, 2.24) is 9.78 Å². The molecular formula is C10H18N4. The summed E-state index contributed by atoms with van der Waals surface area (Å²) in [6.07, 6.45) is 0.991. The van der Waals surface area contributed by atoms with E-state index in [1.54, 1.807) is 0 Å². The summed E-state index contributed by atoms with van der Waals surface area (Å²) in [7, 11) is 0. The molecule has 1 heterocycles. The minimum Gasteiger partial charge on any atom is -0.368 e. The van der Waals surface area contributed by atoms with Gasteiger partial charge in [-0.2, -0.15) is 5.10 Å². The largest absolute Gasteiger partial charge is 0.368 e. The Balaban J connectivity index is 3.11. The molecule has 0 saturated carbocycles. The maximum absolute atomic E-state index is 7.35. The van der Waals surface area contributed by atoms with Gasteiger partial charge in [0.25, 0.3) is 0 Å². The van der Waals surface area contributed by atoms with E-state index in [1.165, 1.54) is 10.2 Å². The first-order valence-corrected chi connectivity index (χ1v) is 4.83. The maximum Gasteiger partial charge on any atom is 0.213 e. The predicted octanol–water partition coefficient (Wildman–Crippen LogP) is 1.44. The number of nitrogens with two attached hydrogens (primary N) is 1. The number of aryl methyl sites for hydroxylation is 1. The standard InChI is InChI=1S/C10H18N4/c1-6(2)5-9-7(3)13-14(8(9)4)10(11)12/h6H,5H2,1-4H3,(H3,11,12). The van der Waals surface area contributed by atoms with Gasteiger partial charge < -0.3 is 5.73 Å². The molecule has 0 aromatic carbocycles. The Morgan fingerprint density at radius 1 is 1.50 bits per heavy atom. The molecule has 0 amide bonds. The highest BCUT2D eigenvalue weighted by Gasteiger charge is 2.13. The van der Waals surface area contributed by atoms with Crippen molar-refractivity contribution < 1.29 is 0 Å². The van der Waals surface area contributed by atoms with Crippen molar-refractivity contribution in [2.75, 3.05) is 0 Å². The van der Waals surface area contributed by atoms with Crippen LogP contribution >= 0.6 is 0 Å². The van der Waals surface area contributed by atoms with Crippen molar-refractivity contribution in [1.29, 1.82) is 5.41 Å². The smallest absolute Gasteiger partial charge is 0.213 e.